The fourth-order valence-corrected chi connectivity index (χ4v) is 5.35. The molecule has 0 radical (unpaired) electrons. The highest BCUT2D eigenvalue weighted by molar-refractivity contribution is 6.04. The minimum atomic E-state index is -0.644. The molecule has 4 rings (SSSR count). The van der Waals surface area contributed by atoms with Gasteiger partial charge in [0.05, 0.1) is 33.0 Å². The zero-order valence-corrected chi connectivity index (χ0v) is 23.3. The number of ketones is 1. The second-order valence-electron chi connectivity index (χ2n) is 9.78. The second-order valence-corrected chi connectivity index (χ2v) is 9.78. The van der Waals surface area contributed by atoms with Crippen LogP contribution in [0, 0.1) is 0 Å². The fourth-order valence-electron chi connectivity index (χ4n) is 5.35. The highest BCUT2D eigenvalue weighted by atomic mass is 16.5. The van der Waals surface area contributed by atoms with Crippen molar-refractivity contribution in [1.82, 2.24) is 5.32 Å². The van der Waals surface area contributed by atoms with Crippen molar-refractivity contribution in [2.75, 3.05) is 27.4 Å². The third kappa shape index (κ3) is 5.75. The quantitative estimate of drug-likeness (QED) is 0.303. The normalized spacial score (nSPS) is 18.8. The van der Waals surface area contributed by atoms with Crippen LogP contribution in [0.4, 0.5) is 0 Å². The minimum absolute atomic E-state index is 0.000000829. The third-order valence-electron chi connectivity index (χ3n) is 7.27. The molecule has 2 aromatic rings. The SMILES string of the molecule is CCCCOC(=O)C1=C(C)NC2=C(C(=O)CC(c3ccc(OC)c(OC)c3)C2)C1c1ccc(O)c(OCC)c1. The van der Waals surface area contributed by atoms with Gasteiger partial charge in [-0.15, -0.1) is 0 Å². The number of hydrogen-bond donors (Lipinski definition) is 2. The van der Waals surface area contributed by atoms with Crippen LogP contribution in [-0.2, 0) is 14.3 Å². The number of aromatic hydroxyl groups is 1. The van der Waals surface area contributed by atoms with Crippen LogP contribution in [0.3, 0.4) is 0 Å². The van der Waals surface area contributed by atoms with Gasteiger partial charge in [0.25, 0.3) is 0 Å². The van der Waals surface area contributed by atoms with Crippen LogP contribution >= 0.6 is 0 Å². The van der Waals surface area contributed by atoms with E-state index in [1.807, 2.05) is 39.0 Å². The van der Waals surface area contributed by atoms with Crippen LogP contribution in [-0.4, -0.2) is 44.3 Å². The summed E-state index contributed by atoms with van der Waals surface area (Å²) in [6.45, 7) is 6.36. The van der Waals surface area contributed by atoms with Gasteiger partial charge >= 0.3 is 5.97 Å². The van der Waals surface area contributed by atoms with E-state index < -0.39 is 11.9 Å². The van der Waals surface area contributed by atoms with Crippen LogP contribution in [0.5, 0.6) is 23.0 Å². The van der Waals surface area contributed by atoms with Gasteiger partial charge in [0.15, 0.2) is 28.8 Å². The van der Waals surface area contributed by atoms with Crippen molar-refractivity contribution in [3.63, 3.8) is 0 Å². The van der Waals surface area contributed by atoms with E-state index in [0.29, 0.717) is 59.3 Å². The van der Waals surface area contributed by atoms with Gasteiger partial charge in [0, 0.05) is 29.3 Å². The van der Waals surface area contributed by atoms with E-state index in [-0.39, 0.29) is 23.9 Å². The van der Waals surface area contributed by atoms with Crippen molar-refractivity contribution in [2.45, 2.75) is 58.3 Å². The Bertz CT molecular complexity index is 1310. The van der Waals surface area contributed by atoms with Gasteiger partial charge in [-0.25, -0.2) is 4.79 Å². The van der Waals surface area contributed by atoms with Crippen LogP contribution in [0.25, 0.3) is 0 Å². The number of unbranched alkanes of at least 4 members (excludes halogenated alkanes) is 1. The number of carbonyl (C=O) groups excluding carboxylic acids is 2. The Kier molecular flexibility index (Phi) is 8.84. The van der Waals surface area contributed by atoms with Gasteiger partial charge in [0.2, 0.25) is 0 Å². The number of nitrogens with one attached hydrogen (secondary N) is 1. The highest BCUT2D eigenvalue weighted by Crippen LogP contribution is 2.47. The Morgan fingerprint density at radius 3 is 2.41 bits per heavy atom. The van der Waals surface area contributed by atoms with Crippen LogP contribution in [0.15, 0.2) is 58.9 Å². The monoisotopic (exact) mass is 535 g/mol. The van der Waals surface area contributed by atoms with Gasteiger partial charge in [0.1, 0.15) is 0 Å². The molecule has 1 aliphatic heterocycles. The Morgan fingerprint density at radius 2 is 1.72 bits per heavy atom. The van der Waals surface area contributed by atoms with E-state index in [4.69, 9.17) is 18.9 Å². The largest absolute Gasteiger partial charge is 0.504 e. The molecule has 1 heterocycles. The lowest BCUT2D eigenvalue weighted by atomic mass is 9.71. The molecule has 2 aliphatic rings. The molecular formula is C31H37NO7. The summed E-state index contributed by atoms with van der Waals surface area (Å²) in [5.41, 5.74) is 4.03. The van der Waals surface area contributed by atoms with Gasteiger partial charge < -0.3 is 29.4 Å². The van der Waals surface area contributed by atoms with E-state index in [0.717, 1.165) is 24.1 Å². The Balaban J connectivity index is 1.77. The Morgan fingerprint density at radius 1 is 1.00 bits per heavy atom. The average Bonchev–Trinajstić information content (AvgIpc) is 2.93. The van der Waals surface area contributed by atoms with Crippen molar-refractivity contribution in [1.29, 1.82) is 0 Å². The van der Waals surface area contributed by atoms with Gasteiger partial charge in [-0.05, 0) is 68.0 Å². The number of phenolic OH excluding ortho intramolecular Hbond substituents is 1. The number of benzene rings is 2. The van der Waals surface area contributed by atoms with Crippen molar-refractivity contribution >= 4 is 11.8 Å². The van der Waals surface area contributed by atoms with Crippen molar-refractivity contribution in [3.05, 3.63) is 70.1 Å². The van der Waals surface area contributed by atoms with Gasteiger partial charge in [-0.2, -0.15) is 0 Å². The van der Waals surface area contributed by atoms with E-state index in [9.17, 15) is 14.7 Å². The number of allylic oxidation sites excluding steroid dienone is 3. The molecule has 0 saturated heterocycles. The Hall–Kier alpha value is -3.94. The van der Waals surface area contributed by atoms with E-state index >= 15 is 0 Å². The molecule has 208 valence electrons. The second kappa shape index (κ2) is 12.3. The first kappa shape index (κ1) is 28.1. The standard InChI is InChI=1S/C31H37NO7/c1-6-8-13-39-31(35)28-18(3)32-22-14-21(19-10-12-25(36-4)27(16-19)37-5)15-24(34)30(22)29(28)20-9-11-23(33)26(17-20)38-7-2/h9-12,16-17,21,29,32-33H,6-8,13-15H2,1-5H3. The predicted octanol–water partition coefficient (Wildman–Crippen LogP) is 5.51. The molecule has 1 aliphatic carbocycles. The lowest BCUT2D eigenvalue weighted by Gasteiger charge is -2.37. The van der Waals surface area contributed by atoms with Crippen molar-refractivity contribution < 1.29 is 33.6 Å². The molecule has 2 aromatic carbocycles. The van der Waals surface area contributed by atoms with Crippen molar-refractivity contribution in [3.8, 4) is 23.0 Å². The first-order chi connectivity index (χ1) is 18.8. The van der Waals surface area contributed by atoms with Crippen LogP contribution in [0.1, 0.15) is 69.4 Å². The number of Topliss-reactive ketones (excluding diaryl/α,β-unsaturated/α-hetero) is 1. The molecule has 0 aromatic heterocycles. The fraction of sp³-hybridized carbons (Fsp3) is 0.419. The number of esters is 1. The number of methoxy groups -OCH3 is 2. The number of rotatable bonds is 10. The van der Waals surface area contributed by atoms with E-state index in [2.05, 4.69) is 5.32 Å². The number of hydrogen-bond acceptors (Lipinski definition) is 8. The Labute approximate surface area is 229 Å². The van der Waals surface area contributed by atoms with Gasteiger partial charge in [-0.3, -0.25) is 4.79 Å². The van der Waals surface area contributed by atoms with Crippen molar-refractivity contribution in [2.24, 2.45) is 0 Å². The smallest absolute Gasteiger partial charge is 0.336 e. The van der Waals surface area contributed by atoms with Gasteiger partial charge in [-0.1, -0.05) is 25.5 Å². The maximum atomic E-state index is 13.9. The summed E-state index contributed by atoms with van der Waals surface area (Å²) in [4.78, 5) is 27.3. The maximum absolute atomic E-state index is 13.9. The van der Waals surface area contributed by atoms with Crippen LogP contribution < -0.4 is 19.5 Å². The van der Waals surface area contributed by atoms with E-state index in [1.54, 1.807) is 26.4 Å². The molecule has 8 heteroatoms. The molecule has 0 bridgehead atoms. The zero-order chi connectivity index (χ0) is 28.1. The number of carbonyl (C=O) groups is 2. The molecule has 2 atom stereocenters. The first-order valence-electron chi connectivity index (χ1n) is 13.4. The maximum Gasteiger partial charge on any atom is 0.336 e. The topological polar surface area (TPSA) is 103 Å². The molecule has 0 amide bonds. The molecular weight excluding hydrogens is 498 g/mol. The van der Waals surface area contributed by atoms with Crippen LogP contribution in [0.2, 0.25) is 0 Å². The molecule has 2 unspecified atom stereocenters. The molecule has 0 spiro atoms. The predicted molar refractivity (Wildman–Crippen MR) is 147 cm³/mol. The summed E-state index contributed by atoms with van der Waals surface area (Å²) < 4.78 is 22.1. The van der Waals surface area contributed by atoms with E-state index in [1.165, 1.54) is 6.07 Å². The average molecular weight is 536 g/mol. The molecule has 8 nitrogen and oxygen atoms in total. The molecule has 0 fully saturated rings. The summed E-state index contributed by atoms with van der Waals surface area (Å²) in [6, 6.07) is 10.7. The molecule has 2 N–H and O–H groups in total. The lowest BCUT2D eigenvalue weighted by molar-refractivity contribution is -0.139. The molecule has 0 saturated carbocycles. The summed E-state index contributed by atoms with van der Waals surface area (Å²) >= 11 is 0. The first-order valence-corrected chi connectivity index (χ1v) is 13.4. The zero-order valence-electron chi connectivity index (χ0n) is 23.3. The summed E-state index contributed by atoms with van der Waals surface area (Å²) in [6.07, 6.45) is 2.51. The molecule has 39 heavy (non-hydrogen) atoms. The number of ether oxygens (including phenoxy) is 4. The highest BCUT2D eigenvalue weighted by Gasteiger charge is 2.41. The third-order valence-corrected chi connectivity index (χ3v) is 7.27. The number of dihydropyridines is 1. The summed E-state index contributed by atoms with van der Waals surface area (Å²) in [5.74, 6) is 0.317. The summed E-state index contributed by atoms with van der Waals surface area (Å²) in [7, 11) is 3.18. The minimum Gasteiger partial charge on any atom is -0.504 e. The lowest BCUT2D eigenvalue weighted by Crippen LogP contribution is -2.36. The number of phenols is 1. The summed E-state index contributed by atoms with van der Waals surface area (Å²) in [5, 5.41) is 13.7.